The lowest BCUT2D eigenvalue weighted by atomic mass is 10.2. The zero-order valence-corrected chi connectivity index (χ0v) is 16.3. The minimum absolute atomic E-state index is 0.0687. The van der Waals surface area contributed by atoms with E-state index in [1.807, 2.05) is 0 Å². The Bertz CT molecular complexity index is 946. The van der Waals surface area contributed by atoms with Crippen LogP contribution in [0, 0.1) is 0 Å². The molecule has 140 valence electrons. The lowest BCUT2D eigenvalue weighted by Crippen LogP contribution is -2.48. The molecular formula is C19H18Cl2N3O3+. The first kappa shape index (κ1) is 19.4. The van der Waals surface area contributed by atoms with E-state index in [1.54, 1.807) is 56.8 Å². The highest BCUT2D eigenvalue weighted by molar-refractivity contribution is 6.42. The van der Waals surface area contributed by atoms with Crippen LogP contribution in [0.15, 0.2) is 54.1 Å². The maximum atomic E-state index is 12.9. The third-order valence-corrected chi connectivity index (χ3v) is 5.39. The number of carbonyl (C=O) groups is 2. The molecule has 1 unspecified atom stereocenters. The molecule has 1 aromatic carbocycles. The number of hydrogen-bond acceptors (Lipinski definition) is 4. The number of amides is 2. The molecular weight excluding hydrogens is 389 g/mol. The van der Waals surface area contributed by atoms with Gasteiger partial charge in [-0.1, -0.05) is 29.3 Å². The molecule has 2 heterocycles. The second kappa shape index (κ2) is 7.31. The molecule has 0 spiro atoms. The van der Waals surface area contributed by atoms with Crippen molar-refractivity contribution in [1.82, 2.24) is 14.4 Å². The summed E-state index contributed by atoms with van der Waals surface area (Å²) >= 11 is 11.9. The predicted molar refractivity (Wildman–Crippen MR) is 104 cm³/mol. The Morgan fingerprint density at radius 3 is 2.52 bits per heavy atom. The minimum Gasteiger partial charge on any atom is -0.500 e. The molecule has 0 fully saturated rings. The van der Waals surface area contributed by atoms with Gasteiger partial charge in [0.1, 0.15) is 17.8 Å². The highest BCUT2D eigenvalue weighted by atomic mass is 35.5. The van der Waals surface area contributed by atoms with Crippen molar-refractivity contribution in [3.8, 4) is 0 Å². The van der Waals surface area contributed by atoms with E-state index in [0.29, 0.717) is 15.7 Å². The molecule has 1 N–H and O–H groups in total. The number of pyridine rings is 1. The van der Waals surface area contributed by atoms with Crippen LogP contribution in [0.4, 0.5) is 5.69 Å². The van der Waals surface area contributed by atoms with E-state index in [1.165, 1.54) is 4.90 Å². The molecule has 1 aliphatic heterocycles. The third-order valence-electron chi connectivity index (χ3n) is 4.65. The molecule has 2 aromatic rings. The van der Waals surface area contributed by atoms with Crippen molar-refractivity contribution >= 4 is 40.7 Å². The van der Waals surface area contributed by atoms with Gasteiger partial charge >= 0.3 is 5.91 Å². The van der Waals surface area contributed by atoms with Gasteiger partial charge in [-0.3, -0.25) is 9.78 Å². The van der Waals surface area contributed by atoms with Gasteiger partial charge in [0, 0.05) is 38.1 Å². The summed E-state index contributed by atoms with van der Waals surface area (Å²) in [6.07, 6.45) is 3.14. The number of likely N-dealkylation sites (N-methyl/N-ethyl adjacent to an activating group) is 2. The Balaban J connectivity index is 1.81. The first-order valence-corrected chi connectivity index (χ1v) is 8.92. The summed E-state index contributed by atoms with van der Waals surface area (Å²) in [4.78, 5) is 30.9. The van der Waals surface area contributed by atoms with Gasteiger partial charge in [-0.15, -0.1) is 0 Å². The monoisotopic (exact) mass is 406 g/mol. The van der Waals surface area contributed by atoms with E-state index < -0.39 is 17.6 Å². The molecule has 3 rings (SSSR count). The van der Waals surface area contributed by atoms with Gasteiger partial charge in [0.05, 0.1) is 17.1 Å². The van der Waals surface area contributed by atoms with Crippen molar-refractivity contribution < 1.29 is 14.7 Å². The van der Waals surface area contributed by atoms with E-state index >= 15 is 0 Å². The summed E-state index contributed by atoms with van der Waals surface area (Å²) < 4.78 is -0.212. The van der Waals surface area contributed by atoms with Crippen LogP contribution < -0.4 is 4.48 Å². The highest BCUT2D eigenvalue weighted by Crippen LogP contribution is 2.31. The maximum absolute atomic E-state index is 12.9. The van der Waals surface area contributed by atoms with E-state index in [2.05, 4.69) is 4.98 Å². The first-order valence-electron chi connectivity index (χ1n) is 8.16. The van der Waals surface area contributed by atoms with Crippen LogP contribution in [0.3, 0.4) is 0 Å². The lowest BCUT2D eigenvalue weighted by Gasteiger charge is -2.26. The van der Waals surface area contributed by atoms with Crippen molar-refractivity contribution in [2.45, 2.75) is 6.54 Å². The van der Waals surface area contributed by atoms with Crippen LogP contribution in [-0.2, 0) is 16.1 Å². The standard InChI is InChI=1S/C19H17Cl2N3O3/c1-23(10-12-3-4-15(20)16(21)9-12)18(26)14-11-24(2,19(27)17(14)25)13-5-7-22-8-6-13/h3-9H,10-11H2,1-2H3/p+1. The van der Waals surface area contributed by atoms with Gasteiger partial charge in [-0.05, 0) is 17.7 Å². The summed E-state index contributed by atoms with van der Waals surface area (Å²) in [6.45, 7) is 0.332. The molecule has 0 saturated heterocycles. The van der Waals surface area contributed by atoms with Gasteiger partial charge in [-0.2, -0.15) is 0 Å². The van der Waals surface area contributed by atoms with Crippen LogP contribution in [0.2, 0.25) is 10.0 Å². The Morgan fingerprint density at radius 2 is 1.89 bits per heavy atom. The molecule has 1 aromatic heterocycles. The largest absolute Gasteiger partial charge is 0.500 e. The number of aromatic nitrogens is 1. The number of nitrogens with zero attached hydrogens (tertiary/aromatic N) is 3. The van der Waals surface area contributed by atoms with Crippen molar-refractivity contribution in [2.24, 2.45) is 0 Å². The SMILES string of the molecule is CN(Cc1ccc(Cl)c(Cl)c1)C(=O)C1=C(O)C(=O)[N+](C)(c2ccncc2)C1. The van der Waals surface area contributed by atoms with E-state index in [-0.39, 0.29) is 23.1 Å². The average molecular weight is 407 g/mol. The maximum Gasteiger partial charge on any atom is 0.386 e. The molecule has 2 amide bonds. The quantitative estimate of drug-likeness (QED) is 0.790. The van der Waals surface area contributed by atoms with Crippen molar-refractivity contribution in [1.29, 1.82) is 0 Å². The molecule has 8 heteroatoms. The summed E-state index contributed by atoms with van der Waals surface area (Å²) in [6, 6.07) is 8.49. The molecule has 1 aliphatic rings. The summed E-state index contributed by atoms with van der Waals surface area (Å²) in [5.41, 5.74) is 1.52. The average Bonchev–Trinajstić information content (AvgIpc) is 2.90. The zero-order chi connectivity index (χ0) is 19.8. The zero-order valence-electron chi connectivity index (χ0n) is 14.8. The number of benzene rings is 1. The minimum atomic E-state index is -0.521. The Hall–Kier alpha value is -2.41. The number of quaternary nitrogens is 1. The third kappa shape index (κ3) is 3.56. The van der Waals surface area contributed by atoms with Gasteiger partial charge in [0.2, 0.25) is 5.76 Å². The molecule has 0 bridgehead atoms. The van der Waals surface area contributed by atoms with E-state index in [0.717, 1.165) is 5.56 Å². The van der Waals surface area contributed by atoms with Crippen molar-refractivity contribution in [3.63, 3.8) is 0 Å². The summed E-state index contributed by atoms with van der Waals surface area (Å²) in [7, 11) is 3.26. The fraction of sp³-hybridized carbons (Fsp3) is 0.211. The second-order valence-corrected chi connectivity index (χ2v) is 7.41. The fourth-order valence-corrected chi connectivity index (χ4v) is 3.41. The van der Waals surface area contributed by atoms with Crippen molar-refractivity contribution in [3.05, 3.63) is 69.7 Å². The van der Waals surface area contributed by atoms with Crippen LogP contribution in [-0.4, -0.2) is 47.4 Å². The summed E-state index contributed by atoms with van der Waals surface area (Å²) in [5, 5.41) is 11.2. The smallest absolute Gasteiger partial charge is 0.386 e. The van der Waals surface area contributed by atoms with Crippen molar-refractivity contribution in [2.75, 3.05) is 20.6 Å². The normalized spacial score (nSPS) is 19.5. The molecule has 6 nitrogen and oxygen atoms in total. The number of hydrogen-bond donors (Lipinski definition) is 1. The van der Waals surface area contributed by atoms with Gasteiger partial charge in [0.25, 0.3) is 5.91 Å². The van der Waals surface area contributed by atoms with Crippen LogP contribution in [0.25, 0.3) is 0 Å². The van der Waals surface area contributed by atoms with Gasteiger partial charge in [0.15, 0.2) is 0 Å². The van der Waals surface area contributed by atoms with Crippen LogP contribution >= 0.6 is 23.2 Å². The lowest BCUT2D eigenvalue weighted by molar-refractivity contribution is -0.127. The highest BCUT2D eigenvalue weighted by Gasteiger charge is 2.48. The first-order chi connectivity index (χ1) is 12.7. The van der Waals surface area contributed by atoms with E-state index in [4.69, 9.17) is 23.2 Å². The van der Waals surface area contributed by atoms with Crippen LogP contribution in [0.1, 0.15) is 5.56 Å². The second-order valence-electron chi connectivity index (χ2n) is 6.60. The number of aliphatic hydroxyl groups is 1. The molecule has 0 aliphatic carbocycles. The van der Waals surface area contributed by atoms with Gasteiger partial charge < -0.3 is 10.0 Å². The summed E-state index contributed by atoms with van der Waals surface area (Å²) in [5.74, 6) is -1.43. The fourth-order valence-electron chi connectivity index (χ4n) is 3.09. The van der Waals surface area contributed by atoms with E-state index in [9.17, 15) is 14.7 Å². The Kier molecular flexibility index (Phi) is 5.24. The molecule has 1 atom stereocenters. The Labute approximate surface area is 166 Å². The molecule has 0 saturated carbocycles. The molecule has 27 heavy (non-hydrogen) atoms. The number of carbonyl (C=O) groups excluding carboxylic acids is 2. The van der Waals surface area contributed by atoms with Crippen LogP contribution in [0.5, 0.6) is 0 Å². The number of halogens is 2. The number of aliphatic hydroxyl groups excluding tert-OH is 1. The topological polar surface area (TPSA) is 70.5 Å². The predicted octanol–water partition coefficient (Wildman–Crippen LogP) is 3.34. The molecule has 0 radical (unpaired) electrons. The number of rotatable bonds is 4. The van der Waals surface area contributed by atoms with Gasteiger partial charge in [-0.25, -0.2) is 9.28 Å². The Morgan fingerprint density at radius 1 is 1.22 bits per heavy atom.